The number of carboxylic acid groups (broad SMARTS) is 1. The normalized spacial score (nSPS) is 17.6. The monoisotopic (exact) mass is 223 g/mol. The lowest BCUT2D eigenvalue weighted by Gasteiger charge is -2.22. The lowest BCUT2D eigenvalue weighted by atomic mass is 10.1. The second kappa shape index (κ2) is 4.70. The molecule has 0 aromatic carbocycles. The van der Waals surface area contributed by atoms with E-state index < -0.39 is 5.97 Å². The fourth-order valence-corrected chi connectivity index (χ4v) is 1.81. The van der Waals surface area contributed by atoms with E-state index in [0.29, 0.717) is 12.6 Å². The van der Waals surface area contributed by atoms with Gasteiger partial charge in [0.25, 0.3) is 0 Å². The van der Waals surface area contributed by atoms with Crippen LogP contribution in [0.1, 0.15) is 25.5 Å². The maximum Gasteiger partial charge on any atom is 0.307 e. The Labute approximate surface area is 94.9 Å². The van der Waals surface area contributed by atoms with Gasteiger partial charge in [-0.3, -0.25) is 9.69 Å². The van der Waals surface area contributed by atoms with Gasteiger partial charge in [-0.15, -0.1) is 0 Å². The first-order valence-corrected chi connectivity index (χ1v) is 5.66. The molecular formula is C12H17NO3. The van der Waals surface area contributed by atoms with Gasteiger partial charge < -0.3 is 9.52 Å². The molecule has 1 unspecified atom stereocenters. The van der Waals surface area contributed by atoms with Crippen LogP contribution in [0.2, 0.25) is 0 Å². The standard InChI is InChI=1S/C12H17NO3/c1-9(12(14)15)7-13(10-4-5-10)8-11-3-2-6-16-11/h2-3,6,9-10H,4-5,7-8H2,1H3,(H,14,15). The molecule has 0 bridgehead atoms. The zero-order valence-electron chi connectivity index (χ0n) is 9.43. The molecule has 0 saturated heterocycles. The quantitative estimate of drug-likeness (QED) is 0.801. The molecule has 1 aromatic rings. The predicted molar refractivity (Wildman–Crippen MR) is 58.9 cm³/mol. The predicted octanol–water partition coefficient (Wildman–Crippen LogP) is 1.96. The highest BCUT2D eigenvalue weighted by molar-refractivity contribution is 5.69. The molecule has 88 valence electrons. The molecule has 1 N–H and O–H groups in total. The number of carboxylic acids is 1. The molecule has 1 atom stereocenters. The SMILES string of the molecule is CC(CN(Cc1ccco1)C1CC1)C(=O)O. The smallest absolute Gasteiger partial charge is 0.307 e. The highest BCUT2D eigenvalue weighted by atomic mass is 16.4. The van der Waals surface area contributed by atoms with Gasteiger partial charge >= 0.3 is 5.97 Å². The lowest BCUT2D eigenvalue weighted by Crippen LogP contribution is -2.33. The Morgan fingerprint density at radius 1 is 1.69 bits per heavy atom. The molecule has 1 fully saturated rings. The van der Waals surface area contributed by atoms with E-state index in [9.17, 15) is 4.79 Å². The van der Waals surface area contributed by atoms with E-state index >= 15 is 0 Å². The first-order valence-electron chi connectivity index (χ1n) is 5.66. The average Bonchev–Trinajstić information content (AvgIpc) is 2.97. The van der Waals surface area contributed by atoms with Gasteiger partial charge in [-0.1, -0.05) is 6.92 Å². The maximum absolute atomic E-state index is 10.8. The number of hydrogen-bond donors (Lipinski definition) is 1. The molecule has 0 amide bonds. The molecule has 0 radical (unpaired) electrons. The molecule has 1 aliphatic carbocycles. The zero-order chi connectivity index (χ0) is 11.5. The number of furan rings is 1. The molecule has 0 spiro atoms. The van der Waals surface area contributed by atoms with E-state index in [1.165, 1.54) is 12.8 Å². The van der Waals surface area contributed by atoms with Crippen LogP contribution in [0.4, 0.5) is 0 Å². The first-order chi connectivity index (χ1) is 7.66. The summed E-state index contributed by atoms with van der Waals surface area (Å²) in [5.41, 5.74) is 0. The first kappa shape index (κ1) is 11.2. The third-order valence-corrected chi connectivity index (χ3v) is 2.93. The molecule has 16 heavy (non-hydrogen) atoms. The second-order valence-corrected chi connectivity index (χ2v) is 4.48. The van der Waals surface area contributed by atoms with Gasteiger partial charge in [0.15, 0.2) is 0 Å². The summed E-state index contributed by atoms with van der Waals surface area (Å²) >= 11 is 0. The van der Waals surface area contributed by atoms with Crippen molar-refractivity contribution in [1.82, 2.24) is 4.90 Å². The number of rotatable bonds is 6. The summed E-state index contributed by atoms with van der Waals surface area (Å²) in [6, 6.07) is 4.34. The van der Waals surface area contributed by atoms with Gasteiger partial charge in [0.2, 0.25) is 0 Å². The second-order valence-electron chi connectivity index (χ2n) is 4.48. The summed E-state index contributed by atoms with van der Waals surface area (Å²) in [5.74, 6) is -0.148. The number of hydrogen-bond acceptors (Lipinski definition) is 3. The zero-order valence-corrected chi connectivity index (χ0v) is 9.43. The van der Waals surface area contributed by atoms with Crippen molar-refractivity contribution < 1.29 is 14.3 Å². The Bertz CT molecular complexity index is 343. The average molecular weight is 223 g/mol. The Balaban J connectivity index is 1.92. The fraction of sp³-hybridized carbons (Fsp3) is 0.583. The van der Waals surface area contributed by atoms with Crippen LogP contribution in [0.15, 0.2) is 22.8 Å². The molecule has 1 aliphatic rings. The van der Waals surface area contributed by atoms with E-state index in [0.717, 1.165) is 12.3 Å². The summed E-state index contributed by atoms with van der Waals surface area (Å²) < 4.78 is 5.29. The third-order valence-electron chi connectivity index (χ3n) is 2.93. The minimum Gasteiger partial charge on any atom is -0.481 e. The van der Waals surface area contributed by atoms with Gasteiger partial charge in [0.05, 0.1) is 18.7 Å². The summed E-state index contributed by atoms with van der Waals surface area (Å²) in [7, 11) is 0. The molecule has 4 heteroatoms. The molecule has 0 aliphatic heterocycles. The number of nitrogens with zero attached hydrogens (tertiary/aromatic N) is 1. The highest BCUT2D eigenvalue weighted by Gasteiger charge is 2.31. The highest BCUT2D eigenvalue weighted by Crippen LogP contribution is 2.29. The van der Waals surface area contributed by atoms with E-state index in [-0.39, 0.29) is 5.92 Å². The van der Waals surface area contributed by atoms with Gasteiger partial charge in [0.1, 0.15) is 5.76 Å². The summed E-state index contributed by atoms with van der Waals surface area (Å²) in [6.45, 7) is 3.07. The molecule has 1 saturated carbocycles. The van der Waals surface area contributed by atoms with Crippen LogP contribution in [-0.2, 0) is 11.3 Å². The fourth-order valence-electron chi connectivity index (χ4n) is 1.81. The van der Waals surface area contributed by atoms with Crippen LogP contribution in [0.25, 0.3) is 0 Å². The molecule has 1 heterocycles. The summed E-state index contributed by atoms with van der Waals surface area (Å²) in [6.07, 6.45) is 4.00. The van der Waals surface area contributed by atoms with Gasteiger partial charge in [-0.2, -0.15) is 0 Å². The van der Waals surface area contributed by atoms with Gasteiger partial charge in [-0.25, -0.2) is 0 Å². The van der Waals surface area contributed by atoms with E-state index in [4.69, 9.17) is 9.52 Å². The number of aliphatic carboxylic acids is 1. The Hall–Kier alpha value is -1.29. The van der Waals surface area contributed by atoms with E-state index in [2.05, 4.69) is 4.90 Å². The van der Waals surface area contributed by atoms with Crippen molar-refractivity contribution in [2.45, 2.75) is 32.4 Å². The Morgan fingerprint density at radius 3 is 2.94 bits per heavy atom. The van der Waals surface area contributed by atoms with E-state index in [1.54, 1.807) is 13.2 Å². The van der Waals surface area contributed by atoms with Crippen molar-refractivity contribution >= 4 is 5.97 Å². The van der Waals surface area contributed by atoms with Crippen LogP contribution in [0.5, 0.6) is 0 Å². The van der Waals surface area contributed by atoms with Crippen molar-refractivity contribution in [2.75, 3.05) is 6.54 Å². The minimum atomic E-state index is -0.731. The van der Waals surface area contributed by atoms with Crippen LogP contribution >= 0.6 is 0 Å². The lowest BCUT2D eigenvalue weighted by molar-refractivity contribution is -0.141. The third kappa shape index (κ3) is 2.85. The summed E-state index contributed by atoms with van der Waals surface area (Å²) in [5, 5.41) is 8.91. The van der Waals surface area contributed by atoms with Gasteiger partial charge in [0, 0.05) is 12.6 Å². The molecule has 1 aromatic heterocycles. The van der Waals surface area contributed by atoms with Gasteiger partial charge in [-0.05, 0) is 25.0 Å². The van der Waals surface area contributed by atoms with Crippen molar-refractivity contribution in [3.05, 3.63) is 24.2 Å². The maximum atomic E-state index is 10.8. The van der Waals surface area contributed by atoms with Crippen molar-refractivity contribution in [3.63, 3.8) is 0 Å². The van der Waals surface area contributed by atoms with Crippen molar-refractivity contribution in [3.8, 4) is 0 Å². The topological polar surface area (TPSA) is 53.7 Å². The summed E-state index contributed by atoms with van der Waals surface area (Å²) in [4.78, 5) is 13.0. The largest absolute Gasteiger partial charge is 0.481 e. The van der Waals surface area contributed by atoms with Crippen molar-refractivity contribution in [2.24, 2.45) is 5.92 Å². The minimum absolute atomic E-state index is 0.324. The Morgan fingerprint density at radius 2 is 2.44 bits per heavy atom. The number of carbonyl (C=O) groups is 1. The van der Waals surface area contributed by atoms with E-state index in [1.807, 2.05) is 12.1 Å². The van der Waals surface area contributed by atoms with Crippen LogP contribution in [-0.4, -0.2) is 28.6 Å². The Kier molecular flexibility index (Phi) is 3.29. The van der Waals surface area contributed by atoms with Crippen LogP contribution in [0.3, 0.4) is 0 Å². The van der Waals surface area contributed by atoms with Crippen LogP contribution in [0, 0.1) is 5.92 Å². The molecular weight excluding hydrogens is 206 g/mol. The molecule has 2 rings (SSSR count). The van der Waals surface area contributed by atoms with Crippen LogP contribution < -0.4 is 0 Å². The van der Waals surface area contributed by atoms with Crippen molar-refractivity contribution in [1.29, 1.82) is 0 Å². The molecule has 4 nitrogen and oxygen atoms in total.